The number of nitrogens with zero attached hydrogens (tertiary/aromatic N) is 2. The van der Waals surface area contributed by atoms with Gasteiger partial charge >= 0.3 is 0 Å². The fourth-order valence-corrected chi connectivity index (χ4v) is 3.15. The van der Waals surface area contributed by atoms with Crippen LogP contribution in [0.1, 0.15) is 12.8 Å². The molecule has 7 heteroatoms. The van der Waals surface area contributed by atoms with Crippen LogP contribution in [0.2, 0.25) is 0 Å². The molecule has 1 aliphatic heterocycles. The third-order valence-electron chi connectivity index (χ3n) is 2.84. The summed E-state index contributed by atoms with van der Waals surface area (Å²) in [6.45, 7) is 0.486. The Morgan fingerprint density at radius 1 is 1.28 bits per heavy atom. The van der Waals surface area contributed by atoms with Crippen LogP contribution >= 0.6 is 0 Å². The quantitative estimate of drug-likeness (QED) is 0.796. The highest BCUT2D eigenvalue weighted by molar-refractivity contribution is 7.89. The van der Waals surface area contributed by atoms with Crippen molar-refractivity contribution in [1.29, 1.82) is 0 Å². The summed E-state index contributed by atoms with van der Waals surface area (Å²) in [6, 6.07) is 2.96. The van der Waals surface area contributed by atoms with Crippen molar-refractivity contribution < 1.29 is 17.9 Å². The summed E-state index contributed by atoms with van der Waals surface area (Å²) in [7, 11) is -2.08. The Morgan fingerprint density at radius 3 is 2.44 bits per heavy atom. The lowest BCUT2D eigenvalue weighted by atomic mass is 10.1. The van der Waals surface area contributed by atoms with Crippen molar-refractivity contribution in [3.8, 4) is 5.88 Å². The van der Waals surface area contributed by atoms with Crippen molar-refractivity contribution in [3.63, 3.8) is 0 Å². The number of carbonyl (C=O) groups is 1. The first kappa shape index (κ1) is 13.0. The van der Waals surface area contributed by atoms with Crippen LogP contribution in [-0.2, 0) is 14.8 Å². The van der Waals surface area contributed by atoms with E-state index < -0.39 is 10.0 Å². The predicted octanol–water partition coefficient (Wildman–Crippen LogP) is 0.444. The van der Waals surface area contributed by atoms with Gasteiger partial charge in [-0.2, -0.15) is 4.31 Å². The van der Waals surface area contributed by atoms with E-state index in [9.17, 15) is 13.2 Å². The van der Waals surface area contributed by atoms with Gasteiger partial charge in [-0.1, -0.05) is 0 Å². The van der Waals surface area contributed by atoms with Gasteiger partial charge in [0.2, 0.25) is 15.9 Å². The van der Waals surface area contributed by atoms with E-state index in [1.54, 1.807) is 0 Å². The van der Waals surface area contributed by atoms with Crippen LogP contribution in [0.25, 0.3) is 0 Å². The number of ketones is 1. The summed E-state index contributed by atoms with van der Waals surface area (Å²) in [5, 5.41) is 0. The fraction of sp³-hybridized carbons (Fsp3) is 0.455. The summed E-state index contributed by atoms with van der Waals surface area (Å²) in [5.74, 6) is 0.470. The molecule has 1 aliphatic rings. The average molecular weight is 270 g/mol. The van der Waals surface area contributed by atoms with Gasteiger partial charge in [-0.3, -0.25) is 4.79 Å². The highest BCUT2D eigenvalue weighted by atomic mass is 32.2. The largest absolute Gasteiger partial charge is 0.481 e. The molecule has 0 radical (unpaired) electrons. The third-order valence-corrected chi connectivity index (χ3v) is 4.72. The van der Waals surface area contributed by atoms with Crippen LogP contribution in [0.15, 0.2) is 23.2 Å². The Kier molecular flexibility index (Phi) is 3.63. The Balaban J connectivity index is 2.21. The SMILES string of the molecule is COc1ccc(S(=O)(=O)N2CCC(=O)CC2)cn1. The molecular formula is C11H14N2O4S. The molecule has 2 heterocycles. The topological polar surface area (TPSA) is 76.6 Å². The zero-order chi connectivity index (χ0) is 13.2. The van der Waals surface area contributed by atoms with E-state index in [0.29, 0.717) is 5.88 Å². The van der Waals surface area contributed by atoms with Crippen molar-refractivity contribution in [1.82, 2.24) is 9.29 Å². The summed E-state index contributed by atoms with van der Waals surface area (Å²) in [6.07, 6.45) is 1.83. The Morgan fingerprint density at radius 2 is 1.94 bits per heavy atom. The molecule has 18 heavy (non-hydrogen) atoms. The summed E-state index contributed by atoms with van der Waals surface area (Å²) in [4.78, 5) is 15.1. The molecule has 6 nitrogen and oxygen atoms in total. The minimum absolute atomic E-state index is 0.106. The minimum Gasteiger partial charge on any atom is -0.481 e. The summed E-state index contributed by atoms with van der Waals surface area (Å²) < 4.78 is 30.6. The van der Waals surface area contributed by atoms with Gasteiger partial charge in [0.05, 0.1) is 13.3 Å². The van der Waals surface area contributed by atoms with E-state index in [0.717, 1.165) is 0 Å². The highest BCUT2D eigenvalue weighted by Gasteiger charge is 2.28. The van der Waals surface area contributed by atoms with Crippen LogP contribution < -0.4 is 4.74 Å². The number of sulfonamides is 1. The van der Waals surface area contributed by atoms with E-state index in [4.69, 9.17) is 4.74 Å². The number of methoxy groups -OCH3 is 1. The second-order valence-electron chi connectivity index (χ2n) is 3.98. The monoisotopic (exact) mass is 270 g/mol. The van der Waals surface area contributed by atoms with Crippen molar-refractivity contribution in [2.45, 2.75) is 17.7 Å². The van der Waals surface area contributed by atoms with Crippen molar-refractivity contribution in [2.24, 2.45) is 0 Å². The standard InChI is InChI=1S/C11H14N2O4S/c1-17-11-3-2-10(8-12-11)18(15,16)13-6-4-9(14)5-7-13/h2-3,8H,4-7H2,1H3. The maximum absolute atomic E-state index is 12.2. The lowest BCUT2D eigenvalue weighted by Gasteiger charge is -2.25. The molecule has 1 fully saturated rings. The van der Waals surface area contributed by atoms with Gasteiger partial charge in [-0.15, -0.1) is 0 Å². The molecule has 0 unspecified atom stereocenters. The van der Waals surface area contributed by atoms with E-state index in [1.165, 1.54) is 29.7 Å². The molecule has 2 rings (SSSR count). The fourth-order valence-electron chi connectivity index (χ4n) is 1.77. The number of pyridine rings is 1. The van der Waals surface area contributed by atoms with Gasteiger partial charge in [-0.25, -0.2) is 13.4 Å². The van der Waals surface area contributed by atoms with Gasteiger partial charge < -0.3 is 4.74 Å². The van der Waals surface area contributed by atoms with Crippen LogP contribution in [0.4, 0.5) is 0 Å². The lowest BCUT2D eigenvalue weighted by molar-refractivity contribution is -0.120. The molecule has 0 bridgehead atoms. The zero-order valence-corrected chi connectivity index (χ0v) is 10.8. The van der Waals surface area contributed by atoms with Crippen molar-refractivity contribution in [3.05, 3.63) is 18.3 Å². The molecule has 0 atom stereocenters. The van der Waals surface area contributed by atoms with Crippen LogP contribution in [0, 0.1) is 0 Å². The molecule has 0 aliphatic carbocycles. The van der Waals surface area contributed by atoms with Gasteiger partial charge in [0.15, 0.2) is 0 Å². The number of hydrogen-bond acceptors (Lipinski definition) is 5. The van der Waals surface area contributed by atoms with Crippen LogP contribution in [0.5, 0.6) is 5.88 Å². The Hall–Kier alpha value is -1.47. The lowest BCUT2D eigenvalue weighted by Crippen LogP contribution is -2.38. The molecule has 0 N–H and O–H groups in total. The second kappa shape index (κ2) is 5.03. The Labute approximate surface area is 106 Å². The van der Waals surface area contributed by atoms with Gasteiger partial charge in [0, 0.05) is 32.0 Å². The molecule has 1 saturated heterocycles. The number of piperidine rings is 1. The van der Waals surface area contributed by atoms with E-state index in [-0.39, 0.29) is 36.6 Å². The second-order valence-corrected chi connectivity index (χ2v) is 5.92. The molecule has 0 amide bonds. The average Bonchev–Trinajstić information content (AvgIpc) is 2.39. The molecule has 0 spiro atoms. The van der Waals surface area contributed by atoms with Crippen LogP contribution in [-0.4, -0.2) is 43.7 Å². The Bertz CT molecular complexity index is 529. The molecule has 1 aromatic heterocycles. The molecule has 1 aromatic rings. The van der Waals surface area contributed by atoms with E-state index in [1.807, 2.05) is 0 Å². The number of carbonyl (C=O) groups excluding carboxylic acids is 1. The predicted molar refractivity (Wildman–Crippen MR) is 63.8 cm³/mol. The first-order valence-electron chi connectivity index (χ1n) is 5.56. The van der Waals surface area contributed by atoms with Crippen molar-refractivity contribution >= 4 is 15.8 Å². The third kappa shape index (κ3) is 2.51. The normalized spacial score (nSPS) is 17.7. The van der Waals surface area contributed by atoms with E-state index in [2.05, 4.69) is 4.98 Å². The summed E-state index contributed by atoms with van der Waals surface area (Å²) in [5.41, 5.74) is 0. The maximum atomic E-state index is 12.2. The molecule has 98 valence electrons. The number of ether oxygens (including phenoxy) is 1. The van der Waals surface area contributed by atoms with Crippen LogP contribution in [0.3, 0.4) is 0 Å². The number of aromatic nitrogens is 1. The minimum atomic E-state index is -3.55. The molecule has 0 aromatic carbocycles. The van der Waals surface area contributed by atoms with E-state index >= 15 is 0 Å². The zero-order valence-electron chi connectivity index (χ0n) is 10.00. The van der Waals surface area contributed by atoms with Gasteiger partial charge in [0.1, 0.15) is 10.7 Å². The summed E-state index contributed by atoms with van der Waals surface area (Å²) >= 11 is 0. The van der Waals surface area contributed by atoms with Crippen molar-refractivity contribution in [2.75, 3.05) is 20.2 Å². The number of hydrogen-bond donors (Lipinski definition) is 0. The first-order valence-corrected chi connectivity index (χ1v) is 7.00. The highest BCUT2D eigenvalue weighted by Crippen LogP contribution is 2.19. The first-order chi connectivity index (χ1) is 8.54. The smallest absolute Gasteiger partial charge is 0.244 e. The molecular weight excluding hydrogens is 256 g/mol. The maximum Gasteiger partial charge on any atom is 0.244 e. The van der Waals surface area contributed by atoms with Gasteiger partial charge in [-0.05, 0) is 6.07 Å². The number of rotatable bonds is 3. The number of Topliss-reactive ketones (excluding diaryl/α,β-unsaturated/α-hetero) is 1. The van der Waals surface area contributed by atoms with Gasteiger partial charge in [0.25, 0.3) is 0 Å². The molecule has 0 saturated carbocycles.